The van der Waals surface area contributed by atoms with Crippen LogP contribution in [0.5, 0.6) is 0 Å². The van der Waals surface area contributed by atoms with Gasteiger partial charge in [-0.1, -0.05) is 28.1 Å². The van der Waals surface area contributed by atoms with Crippen LogP contribution in [0.3, 0.4) is 0 Å². The molecule has 88 valence electrons. The van der Waals surface area contributed by atoms with Crippen LogP contribution in [0.2, 0.25) is 0 Å². The van der Waals surface area contributed by atoms with E-state index < -0.39 is 0 Å². The number of anilines is 1. The smallest absolute Gasteiger partial charge is 0.0348 e. The van der Waals surface area contributed by atoms with Gasteiger partial charge in [0, 0.05) is 22.2 Å². The van der Waals surface area contributed by atoms with E-state index in [0.717, 1.165) is 17.3 Å². The molecule has 1 aliphatic rings. The standard InChI is InChI=1S/C14H15BrN2/c15-11-3-1-10-6-13(4-2-9(10)5-11)17-14-7-12(16)8-14/h1-6,12,14,17H,7-8,16H2. The van der Waals surface area contributed by atoms with E-state index in [1.807, 2.05) is 0 Å². The molecule has 0 aromatic heterocycles. The fourth-order valence-corrected chi connectivity index (χ4v) is 2.70. The Hall–Kier alpha value is -1.06. The van der Waals surface area contributed by atoms with Gasteiger partial charge in [-0.2, -0.15) is 0 Å². The highest BCUT2D eigenvalue weighted by Gasteiger charge is 2.25. The maximum Gasteiger partial charge on any atom is 0.0348 e. The third-order valence-electron chi connectivity index (χ3n) is 3.35. The van der Waals surface area contributed by atoms with Crippen LogP contribution in [-0.4, -0.2) is 12.1 Å². The summed E-state index contributed by atoms with van der Waals surface area (Å²) in [5.74, 6) is 0. The predicted molar refractivity (Wildman–Crippen MR) is 76.3 cm³/mol. The highest BCUT2D eigenvalue weighted by molar-refractivity contribution is 9.10. The first-order valence-corrected chi connectivity index (χ1v) is 6.71. The minimum atomic E-state index is 0.393. The molecule has 1 fully saturated rings. The lowest BCUT2D eigenvalue weighted by Crippen LogP contribution is -2.44. The Kier molecular flexibility index (Phi) is 2.81. The molecule has 0 unspecified atom stereocenters. The van der Waals surface area contributed by atoms with Gasteiger partial charge in [0.15, 0.2) is 0 Å². The summed E-state index contributed by atoms with van der Waals surface area (Å²) in [5, 5.41) is 6.05. The first kappa shape index (κ1) is 11.1. The lowest BCUT2D eigenvalue weighted by Gasteiger charge is -2.33. The Morgan fingerprint density at radius 1 is 1.06 bits per heavy atom. The Bertz CT molecular complexity index is 547. The van der Waals surface area contributed by atoms with Gasteiger partial charge < -0.3 is 11.1 Å². The van der Waals surface area contributed by atoms with Gasteiger partial charge in [-0.15, -0.1) is 0 Å². The molecule has 0 heterocycles. The second-order valence-electron chi connectivity index (χ2n) is 4.78. The molecule has 2 aromatic rings. The molecule has 1 saturated carbocycles. The first-order valence-electron chi connectivity index (χ1n) is 5.92. The largest absolute Gasteiger partial charge is 0.382 e. The predicted octanol–water partition coefficient (Wildman–Crippen LogP) is 3.50. The van der Waals surface area contributed by atoms with Crippen molar-refractivity contribution in [1.29, 1.82) is 0 Å². The van der Waals surface area contributed by atoms with Crippen molar-refractivity contribution in [3.63, 3.8) is 0 Å². The summed E-state index contributed by atoms with van der Waals surface area (Å²) in [6, 6.07) is 13.8. The molecule has 0 spiro atoms. The fourth-order valence-electron chi connectivity index (χ4n) is 2.32. The number of hydrogen-bond donors (Lipinski definition) is 2. The zero-order valence-electron chi connectivity index (χ0n) is 9.49. The first-order chi connectivity index (χ1) is 8.20. The summed E-state index contributed by atoms with van der Waals surface area (Å²) >= 11 is 3.49. The van der Waals surface area contributed by atoms with E-state index in [2.05, 4.69) is 57.6 Å². The van der Waals surface area contributed by atoms with Crippen LogP contribution in [0, 0.1) is 0 Å². The van der Waals surface area contributed by atoms with Gasteiger partial charge in [-0.25, -0.2) is 0 Å². The zero-order chi connectivity index (χ0) is 11.8. The molecule has 3 rings (SSSR count). The molecule has 2 aromatic carbocycles. The van der Waals surface area contributed by atoms with Gasteiger partial charge in [0.05, 0.1) is 0 Å². The topological polar surface area (TPSA) is 38.0 Å². The van der Waals surface area contributed by atoms with E-state index in [0.29, 0.717) is 12.1 Å². The summed E-state index contributed by atoms with van der Waals surface area (Å²) in [5.41, 5.74) is 6.98. The third kappa shape index (κ3) is 2.31. The van der Waals surface area contributed by atoms with Crippen molar-refractivity contribution < 1.29 is 0 Å². The summed E-state index contributed by atoms with van der Waals surface area (Å²) in [6.45, 7) is 0. The summed E-state index contributed by atoms with van der Waals surface area (Å²) in [7, 11) is 0. The van der Waals surface area contributed by atoms with Crippen molar-refractivity contribution in [3.8, 4) is 0 Å². The molecule has 0 amide bonds. The second kappa shape index (κ2) is 4.31. The summed E-state index contributed by atoms with van der Waals surface area (Å²) in [4.78, 5) is 0. The van der Waals surface area contributed by atoms with Gasteiger partial charge in [-0.05, 0) is 47.9 Å². The van der Waals surface area contributed by atoms with Crippen molar-refractivity contribution in [2.45, 2.75) is 24.9 Å². The van der Waals surface area contributed by atoms with Crippen molar-refractivity contribution in [2.75, 3.05) is 5.32 Å². The molecule has 0 atom stereocenters. The molecule has 2 nitrogen and oxygen atoms in total. The SMILES string of the molecule is NC1CC(Nc2ccc3cc(Br)ccc3c2)C1. The van der Waals surface area contributed by atoms with Crippen LogP contribution >= 0.6 is 15.9 Å². The summed E-state index contributed by atoms with van der Waals surface area (Å²) < 4.78 is 1.12. The molecular formula is C14H15BrN2. The minimum Gasteiger partial charge on any atom is -0.382 e. The highest BCUT2D eigenvalue weighted by Crippen LogP contribution is 2.26. The van der Waals surface area contributed by atoms with E-state index >= 15 is 0 Å². The molecule has 1 aliphatic carbocycles. The van der Waals surface area contributed by atoms with E-state index in [-0.39, 0.29) is 0 Å². The van der Waals surface area contributed by atoms with E-state index in [4.69, 9.17) is 5.73 Å². The molecule has 0 saturated heterocycles. The van der Waals surface area contributed by atoms with Gasteiger partial charge in [0.25, 0.3) is 0 Å². The summed E-state index contributed by atoms with van der Waals surface area (Å²) in [6.07, 6.45) is 2.16. The molecule has 17 heavy (non-hydrogen) atoms. The van der Waals surface area contributed by atoms with Crippen LogP contribution in [0.25, 0.3) is 10.8 Å². The Labute approximate surface area is 109 Å². The Morgan fingerprint density at radius 3 is 2.53 bits per heavy atom. The quantitative estimate of drug-likeness (QED) is 0.888. The zero-order valence-corrected chi connectivity index (χ0v) is 11.1. The average molecular weight is 291 g/mol. The van der Waals surface area contributed by atoms with Crippen molar-refractivity contribution in [3.05, 3.63) is 40.9 Å². The number of nitrogens with one attached hydrogen (secondary N) is 1. The van der Waals surface area contributed by atoms with Crippen LogP contribution in [0.4, 0.5) is 5.69 Å². The van der Waals surface area contributed by atoms with Gasteiger partial charge in [-0.3, -0.25) is 0 Å². The highest BCUT2D eigenvalue weighted by atomic mass is 79.9. The van der Waals surface area contributed by atoms with E-state index in [1.54, 1.807) is 0 Å². The average Bonchev–Trinajstić information content (AvgIpc) is 2.27. The number of nitrogens with two attached hydrogens (primary N) is 1. The minimum absolute atomic E-state index is 0.393. The second-order valence-corrected chi connectivity index (χ2v) is 5.69. The van der Waals surface area contributed by atoms with E-state index in [9.17, 15) is 0 Å². The Balaban J connectivity index is 1.84. The monoisotopic (exact) mass is 290 g/mol. The van der Waals surface area contributed by atoms with E-state index in [1.165, 1.54) is 16.5 Å². The van der Waals surface area contributed by atoms with Crippen LogP contribution in [0.1, 0.15) is 12.8 Å². The molecule has 0 bridgehead atoms. The van der Waals surface area contributed by atoms with Gasteiger partial charge >= 0.3 is 0 Å². The number of rotatable bonds is 2. The molecular weight excluding hydrogens is 276 g/mol. The van der Waals surface area contributed by atoms with Crippen LogP contribution < -0.4 is 11.1 Å². The van der Waals surface area contributed by atoms with Crippen molar-refractivity contribution >= 4 is 32.4 Å². The normalized spacial score (nSPS) is 23.4. The number of hydrogen-bond acceptors (Lipinski definition) is 2. The lowest BCUT2D eigenvalue weighted by molar-refractivity contribution is 0.374. The maximum atomic E-state index is 5.78. The van der Waals surface area contributed by atoms with Crippen molar-refractivity contribution in [1.82, 2.24) is 0 Å². The lowest BCUT2D eigenvalue weighted by atomic mass is 9.87. The number of fused-ring (bicyclic) bond motifs is 1. The third-order valence-corrected chi connectivity index (χ3v) is 3.84. The van der Waals surface area contributed by atoms with Crippen LogP contribution in [-0.2, 0) is 0 Å². The van der Waals surface area contributed by atoms with Crippen LogP contribution in [0.15, 0.2) is 40.9 Å². The van der Waals surface area contributed by atoms with Crippen molar-refractivity contribution in [2.24, 2.45) is 5.73 Å². The number of halogens is 1. The van der Waals surface area contributed by atoms with Gasteiger partial charge in [0.2, 0.25) is 0 Å². The van der Waals surface area contributed by atoms with Gasteiger partial charge in [0.1, 0.15) is 0 Å². The molecule has 0 radical (unpaired) electrons. The fraction of sp³-hybridized carbons (Fsp3) is 0.286. The maximum absolute atomic E-state index is 5.78. The number of benzene rings is 2. The Morgan fingerprint density at radius 2 is 1.76 bits per heavy atom. The molecule has 0 aliphatic heterocycles. The molecule has 3 N–H and O–H groups in total. The molecule has 3 heteroatoms.